The maximum atomic E-state index is 12.4. The molecule has 6 aromatic carbocycles. The van der Waals surface area contributed by atoms with Crippen molar-refractivity contribution in [3.05, 3.63) is 84.9 Å². The molecule has 0 unspecified atom stereocenters. The van der Waals surface area contributed by atoms with Crippen molar-refractivity contribution >= 4 is 220 Å². The van der Waals surface area contributed by atoms with Crippen molar-refractivity contribution in [3.63, 3.8) is 0 Å². The van der Waals surface area contributed by atoms with E-state index in [1.165, 1.54) is 48.5 Å². The van der Waals surface area contributed by atoms with Gasteiger partial charge in [-0.15, -0.1) is 10.2 Å². The van der Waals surface area contributed by atoms with Crippen molar-refractivity contribution < 1.29 is 56.7 Å². The van der Waals surface area contributed by atoms with Crippen LogP contribution < -0.4 is 33.8 Å². The number of carbonyl (C=O) groups is 1. The van der Waals surface area contributed by atoms with Crippen LogP contribution in [0.1, 0.15) is 0 Å². The Hall–Kier alpha value is -2.85. The molecular weight excluding hydrogens is 965 g/mol. The summed E-state index contributed by atoms with van der Waals surface area (Å²) in [6.45, 7) is 0. The number of hydrogen-bond donors (Lipinski definition) is 10. The van der Waals surface area contributed by atoms with Crippen molar-refractivity contribution in [2.24, 2.45) is 20.7 Å². The second-order valence-corrected chi connectivity index (χ2v) is 18.0. The summed E-state index contributed by atoms with van der Waals surface area (Å²) in [4.78, 5) is 9.70. The molecule has 0 saturated heterocycles. The van der Waals surface area contributed by atoms with Gasteiger partial charge >= 0.3 is 124 Å². The predicted molar refractivity (Wildman–Crippen MR) is 245 cm³/mol. The molecule has 0 fully saturated rings. The normalized spacial score (nSPS) is 11.9. The Morgan fingerprint density at radius 2 is 0.750 bits per heavy atom. The Kier molecular flexibility index (Phi) is 19.6. The van der Waals surface area contributed by atoms with Gasteiger partial charge in [-0.25, -0.2) is 15.6 Å². The number of benzene rings is 6. The topological polar surface area (TPSA) is 412 Å². The van der Waals surface area contributed by atoms with Gasteiger partial charge in [-0.05, 0) is 71.8 Å². The van der Waals surface area contributed by atoms with Gasteiger partial charge in [0.1, 0.15) is 31.0 Å². The van der Waals surface area contributed by atoms with Gasteiger partial charge in [-0.2, -0.15) is 33.7 Å². The molecule has 0 radical (unpaired) electrons. The number of nitrogen functional groups attached to an aromatic ring is 4. The quantitative estimate of drug-likeness (QED) is 0.0309. The first-order valence-electron chi connectivity index (χ1n) is 16.2. The van der Waals surface area contributed by atoms with Crippen LogP contribution in [0.4, 0.5) is 38.9 Å². The summed E-state index contributed by atoms with van der Waals surface area (Å²) >= 11 is 0. The van der Waals surface area contributed by atoms with Crippen LogP contribution in [0, 0.1) is 0 Å². The predicted octanol–water partition coefficient (Wildman–Crippen LogP) is 2.05. The Labute approximate surface area is 452 Å². The third-order valence-electron chi connectivity index (χ3n) is 8.64. The monoisotopic (exact) mass is 996 g/mol. The van der Waals surface area contributed by atoms with Crippen LogP contribution in [-0.4, -0.2) is 176 Å². The second-order valence-electron chi connectivity index (χ2n) is 12.4. The summed E-state index contributed by atoms with van der Waals surface area (Å²) < 4.78 is 137. The van der Waals surface area contributed by atoms with Gasteiger partial charge in [-0.3, -0.25) is 18.2 Å². The van der Waals surface area contributed by atoms with E-state index in [1.54, 1.807) is 0 Å². The molecule has 23 nitrogen and oxygen atoms in total. The van der Waals surface area contributed by atoms with Gasteiger partial charge in [0.15, 0.2) is 0 Å². The van der Waals surface area contributed by atoms with Gasteiger partial charge in [0.2, 0.25) is 0 Å². The van der Waals surface area contributed by atoms with E-state index in [9.17, 15) is 56.7 Å². The minimum absolute atomic E-state index is 0. The number of nitrogens with one attached hydrogen (secondary N) is 2. The number of nitrogens with two attached hydrogens (primary N) is 4. The van der Waals surface area contributed by atoms with E-state index < -0.39 is 77.5 Å². The van der Waals surface area contributed by atoms with E-state index >= 15 is 0 Å². The van der Waals surface area contributed by atoms with Crippen LogP contribution in [0.2, 0.25) is 0 Å². The average Bonchev–Trinajstić information content (AvgIpc) is 3.14. The van der Waals surface area contributed by atoms with E-state index in [2.05, 4.69) is 20.7 Å². The zero-order chi connectivity index (χ0) is 44.1. The third-order valence-corrected chi connectivity index (χ3v) is 12.2. The zero-order valence-corrected chi connectivity index (χ0v) is 33.0. The van der Waals surface area contributed by atoms with Crippen LogP contribution in [0.5, 0.6) is 0 Å². The van der Waals surface area contributed by atoms with Crippen molar-refractivity contribution in [2.75, 3.05) is 22.9 Å². The number of hydrogen-bond acceptors (Lipinski definition) is 17. The molecule has 31 heteroatoms. The molecule has 0 atom stereocenters. The first-order chi connectivity index (χ1) is 27.9. The molecular formula is C33H32N10Na4O13S4. The third kappa shape index (κ3) is 12.4. The Morgan fingerprint density at radius 3 is 1.06 bits per heavy atom. The van der Waals surface area contributed by atoms with Crippen molar-refractivity contribution in [2.45, 2.75) is 19.6 Å². The Balaban J connectivity index is 0.00000352. The van der Waals surface area contributed by atoms with Crippen LogP contribution in [0.25, 0.3) is 43.8 Å². The molecule has 0 spiro atoms. The van der Waals surface area contributed by atoms with Gasteiger partial charge in [0.05, 0.1) is 0 Å². The zero-order valence-electron chi connectivity index (χ0n) is 29.8. The molecule has 0 aliphatic rings. The standard InChI is InChI=1S/C33H28N10O13S4.4Na.4H/c34-19-5-3-17-25(57(45,46)47)11-7-21(36)31(17)29(19)15-1-9-23(27(13-15)59(51,52)53)38-42-40-33(44)41-43-39-24-10-2-16(14-28(24)60(54,55)56)30-20(35)6-4-18-26(58(48,49)50)12-8-22(37)32(18)30;;;;;;;;/h1-14H,34-37H2,(H,45,46,47)(H,48,49,50)(H,51,52,53)(H,54,55,56)(H2,38,39,40,41,44);;;;;;;;. The SMILES string of the molecule is Nc1ccc2c(S(=O)(=O)O)ccc(N)c2c1-c1ccc(/N=N/NC(=O)N/N=N/c2ccc(-c3c(N)ccc4c(S(=O)(=O)O)ccc(N)c34)cc2S(=O)(=O)O)c(S(=O)(=O)O)c1.[NaH].[NaH].[NaH].[NaH]. The molecule has 6 aromatic rings. The van der Waals surface area contributed by atoms with Crippen LogP contribution in [0.3, 0.4) is 0 Å². The van der Waals surface area contributed by atoms with Gasteiger partial charge in [0, 0.05) is 55.4 Å². The van der Waals surface area contributed by atoms with E-state index in [4.69, 9.17) is 22.9 Å². The summed E-state index contributed by atoms with van der Waals surface area (Å²) in [5.41, 5.74) is 27.3. The summed E-state index contributed by atoms with van der Waals surface area (Å²) in [5, 5.41) is 13.9. The van der Waals surface area contributed by atoms with Crippen molar-refractivity contribution in [3.8, 4) is 22.3 Å². The van der Waals surface area contributed by atoms with Crippen molar-refractivity contribution in [1.82, 2.24) is 10.9 Å². The molecule has 320 valence electrons. The van der Waals surface area contributed by atoms with Crippen LogP contribution in [0.15, 0.2) is 125 Å². The molecule has 0 aliphatic carbocycles. The van der Waals surface area contributed by atoms with Crippen molar-refractivity contribution in [1.29, 1.82) is 0 Å². The van der Waals surface area contributed by atoms with E-state index in [1.807, 2.05) is 10.9 Å². The Bertz CT molecular complexity index is 3150. The minimum atomic E-state index is -5.07. The van der Waals surface area contributed by atoms with E-state index in [-0.39, 0.29) is 185 Å². The van der Waals surface area contributed by atoms with E-state index in [0.717, 1.165) is 36.4 Å². The first-order valence-corrected chi connectivity index (χ1v) is 21.9. The van der Waals surface area contributed by atoms with Gasteiger partial charge in [0.25, 0.3) is 40.5 Å². The number of rotatable bonds is 10. The second kappa shape index (κ2) is 21.8. The van der Waals surface area contributed by atoms with Crippen LogP contribution in [-0.2, 0) is 40.5 Å². The average molecular weight is 997 g/mol. The molecule has 6 rings (SSSR count). The van der Waals surface area contributed by atoms with Gasteiger partial charge in [-0.1, -0.05) is 34.7 Å². The van der Waals surface area contributed by atoms with E-state index in [0.29, 0.717) is 0 Å². The maximum absolute atomic E-state index is 12.4. The fraction of sp³-hybridized carbons (Fsp3) is 0. The number of anilines is 4. The molecule has 0 aliphatic heterocycles. The molecule has 0 bridgehead atoms. The number of urea groups is 1. The fourth-order valence-corrected chi connectivity index (χ4v) is 8.86. The summed E-state index contributed by atoms with van der Waals surface area (Å²) in [5.74, 6) is 0. The molecule has 0 heterocycles. The van der Waals surface area contributed by atoms with Crippen LogP contribution >= 0.6 is 0 Å². The molecule has 0 aromatic heterocycles. The molecule has 14 N–H and O–H groups in total. The fourth-order valence-electron chi connectivity index (χ4n) is 6.19. The summed E-state index contributed by atoms with van der Waals surface area (Å²) in [7, 11) is -19.6. The Morgan fingerprint density at radius 1 is 0.438 bits per heavy atom. The molecule has 0 saturated carbocycles. The van der Waals surface area contributed by atoms with Gasteiger partial charge < -0.3 is 22.9 Å². The molecule has 64 heavy (non-hydrogen) atoms. The number of fused-ring (bicyclic) bond motifs is 2. The number of nitrogens with zero attached hydrogens (tertiary/aromatic N) is 4. The number of amides is 2. The summed E-state index contributed by atoms with van der Waals surface area (Å²) in [6.07, 6.45) is 0. The first kappa shape index (κ1) is 57.3. The number of carbonyl (C=O) groups excluding carboxylic acids is 1. The summed E-state index contributed by atoms with van der Waals surface area (Å²) in [6, 6.07) is 14.9. The molecule has 2 amide bonds.